The number of rotatable bonds is 2. The highest BCUT2D eigenvalue weighted by atomic mass is 32.1. The van der Waals surface area contributed by atoms with E-state index in [0.717, 1.165) is 22.3 Å². The molecule has 0 aliphatic rings. The molecular formula is C13H8N2O2S. The topological polar surface area (TPSA) is 63.1 Å². The third kappa shape index (κ3) is 1.84. The Morgan fingerprint density at radius 2 is 2.00 bits per heavy atom. The first kappa shape index (κ1) is 10.9. The number of hydrogen-bond donors (Lipinski definition) is 1. The Hall–Kier alpha value is -2.27. The van der Waals surface area contributed by atoms with E-state index < -0.39 is 5.97 Å². The summed E-state index contributed by atoms with van der Waals surface area (Å²) in [5, 5.41) is 9.70. The average Bonchev–Trinajstić information content (AvgIpc) is 2.82. The molecule has 18 heavy (non-hydrogen) atoms. The Balaban J connectivity index is 2.14. The van der Waals surface area contributed by atoms with E-state index in [4.69, 9.17) is 5.11 Å². The van der Waals surface area contributed by atoms with Crippen molar-refractivity contribution in [1.29, 1.82) is 0 Å². The van der Waals surface area contributed by atoms with Gasteiger partial charge < -0.3 is 5.11 Å². The molecule has 0 fully saturated rings. The maximum atomic E-state index is 10.9. The fourth-order valence-electron chi connectivity index (χ4n) is 1.66. The summed E-state index contributed by atoms with van der Waals surface area (Å²) in [5.74, 6) is -0.318. The van der Waals surface area contributed by atoms with Gasteiger partial charge in [0.1, 0.15) is 9.71 Å². The molecule has 1 aromatic carbocycles. The molecule has 0 aliphatic carbocycles. The van der Waals surface area contributed by atoms with Crippen molar-refractivity contribution in [2.75, 3.05) is 0 Å². The number of carbonyl (C=O) groups is 1. The maximum absolute atomic E-state index is 10.9. The van der Waals surface area contributed by atoms with Gasteiger partial charge in [0.2, 0.25) is 0 Å². The van der Waals surface area contributed by atoms with Crippen molar-refractivity contribution in [3.63, 3.8) is 0 Å². The summed E-state index contributed by atoms with van der Waals surface area (Å²) < 4.78 is 0. The fourth-order valence-corrected chi connectivity index (χ4v) is 2.51. The van der Waals surface area contributed by atoms with Crippen LogP contribution in [0, 0.1) is 0 Å². The third-order valence-corrected chi connectivity index (χ3v) is 3.55. The molecule has 0 spiro atoms. The second kappa shape index (κ2) is 4.19. The first-order valence-electron chi connectivity index (χ1n) is 5.29. The van der Waals surface area contributed by atoms with E-state index in [2.05, 4.69) is 9.97 Å². The first-order valence-corrected chi connectivity index (χ1v) is 6.11. The van der Waals surface area contributed by atoms with Crippen molar-refractivity contribution < 1.29 is 9.90 Å². The van der Waals surface area contributed by atoms with E-state index in [1.54, 1.807) is 12.3 Å². The smallest absolute Gasteiger partial charge is 0.345 e. The minimum atomic E-state index is -0.931. The van der Waals surface area contributed by atoms with Crippen LogP contribution in [0.2, 0.25) is 0 Å². The van der Waals surface area contributed by atoms with Crippen molar-refractivity contribution in [1.82, 2.24) is 9.97 Å². The van der Waals surface area contributed by atoms with Crippen LogP contribution in [0.1, 0.15) is 9.67 Å². The molecule has 1 N–H and O–H groups in total. The monoisotopic (exact) mass is 256 g/mol. The van der Waals surface area contributed by atoms with Gasteiger partial charge in [-0.15, -0.1) is 11.3 Å². The molecule has 0 saturated carbocycles. The fraction of sp³-hybridized carbons (Fsp3) is 0. The Labute approximate surface area is 107 Å². The van der Waals surface area contributed by atoms with Gasteiger partial charge >= 0.3 is 5.97 Å². The van der Waals surface area contributed by atoms with Crippen molar-refractivity contribution >= 4 is 27.5 Å². The van der Waals surface area contributed by atoms with Crippen LogP contribution < -0.4 is 0 Å². The molecule has 3 aromatic rings. The SMILES string of the molecule is O=C(O)c1cc2cnc(-c3ccccc3)nc2s1. The van der Waals surface area contributed by atoms with E-state index in [0.29, 0.717) is 10.7 Å². The Morgan fingerprint density at radius 3 is 2.72 bits per heavy atom. The summed E-state index contributed by atoms with van der Waals surface area (Å²) in [6.07, 6.45) is 1.66. The standard InChI is InChI=1S/C13H8N2O2S/c16-13(17)10-6-9-7-14-11(15-12(9)18-10)8-4-2-1-3-5-8/h1-7H,(H,16,17). The number of nitrogens with zero attached hydrogens (tertiary/aromatic N) is 2. The number of benzene rings is 1. The number of carboxylic acid groups (broad SMARTS) is 1. The highest BCUT2D eigenvalue weighted by Crippen LogP contribution is 2.25. The van der Waals surface area contributed by atoms with Crippen LogP contribution in [0.3, 0.4) is 0 Å². The molecule has 2 heterocycles. The zero-order valence-electron chi connectivity index (χ0n) is 9.20. The Morgan fingerprint density at radius 1 is 1.22 bits per heavy atom. The van der Waals surface area contributed by atoms with Crippen molar-refractivity contribution in [3.05, 3.63) is 47.5 Å². The molecule has 0 aliphatic heterocycles. The lowest BCUT2D eigenvalue weighted by Crippen LogP contribution is -1.89. The predicted molar refractivity (Wildman–Crippen MR) is 69.8 cm³/mol. The molecule has 4 nitrogen and oxygen atoms in total. The number of thiophene rings is 1. The van der Waals surface area contributed by atoms with E-state index in [-0.39, 0.29) is 4.88 Å². The lowest BCUT2D eigenvalue weighted by Gasteiger charge is -1.98. The van der Waals surface area contributed by atoms with Crippen molar-refractivity contribution in [3.8, 4) is 11.4 Å². The zero-order valence-corrected chi connectivity index (χ0v) is 10.0. The van der Waals surface area contributed by atoms with Crippen LogP contribution in [0.4, 0.5) is 0 Å². The number of aromatic carboxylic acids is 1. The van der Waals surface area contributed by atoms with Gasteiger partial charge in [-0.3, -0.25) is 0 Å². The second-order valence-corrected chi connectivity index (χ2v) is 4.77. The molecule has 2 aromatic heterocycles. The van der Waals surface area contributed by atoms with Crippen molar-refractivity contribution in [2.24, 2.45) is 0 Å². The van der Waals surface area contributed by atoms with Gasteiger partial charge in [-0.1, -0.05) is 30.3 Å². The predicted octanol–water partition coefficient (Wildman–Crippen LogP) is 3.06. The lowest BCUT2D eigenvalue weighted by atomic mass is 10.2. The maximum Gasteiger partial charge on any atom is 0.345 e. The van der Waals surface area contributed by atoms with Gasteiger partial charge in [-0.2, -0.15) is 0 Å². The molecule has 5 heteroatoms. The summed E-state index contributed by atoms with van der Waals surface area (Å²) in [4.78, 5) is 20.5. The summed E-state index contributed by atoms with van der Waals surface area (Å²) in [6.45, 7) is 0. The number of hydrogen-bond acceptors (Lipinski definition) is 4. The second-order valence-electron chi connectivity index (χ2n) is 3.74. The van der Waals surface area contributed by atoms with Crippen molar-refractivity contribution in [2.45, 2.75) is 0 Å². The normalized spacial score (nSPS) is 10.7. The Bertz CT molecular complexity index is 722. The highest BCUT2D eigenvalue weighted by Gasteiger charge is 2.10. The van der Waals surface area contributed by atoms with Crippen LogP contribution in [-0.2, 0) is 0 Å². The summed E-state index contributed by atoms with van der Waals surface area (Å²) in [7, 11) is 0. The van der Waals surface area contributed by atoms with E-state index in [1.165, 1.54) is 0 Å². The van der Waals surface area contributed by atoms with Crippen LogP contribution in [0.5, 0.6) is 0 Å². The quantitative estimate of drug-likeness (QED) is 0.765. The van der Waals surface area contributed by atoms with Gasteiger partial charge in [-0.25, -0.2) is 14.8 Å². The van der Waals surface area contributed by atoms with E-state index in [1.807, 2.05) is 30.3 Å². The Kier molecular flexibility index (Phi) is 2.53. The van der Waals surface area contributed by atoms with Crippen LogP contribution in [-0.4, -0.2) is 21.0 Å². The van der Waals surface area contributed by atoms with Gasteiger partial charge in [0.25, 0.3) is 0 Å². The van der Waals surface area contributed by atoms with Gasteiger partial charge in [0.15, 0.2) is 5.82 Å². The molecule has 0 radical (unpaired) electrons. The molecule has 88 valence electrons. The number of aromatic nitrogens is 2. The minimum absolute atomic E-state index is 0.282. The number of carboxylic acids is 1. The lowest BCUT2D eigenvalue weighted by molar-refractivity contribution is 0.0702. The molecule has 0 atom stereocenters. The zero-order chi connectivity index (χ0) is 12.5. The molecule has 0 amide bonds. The van der Waals surface area contributed by atoms with Crippen LogP contribution in [0.25, 0.3) is 21.6 Å². The summed E-state index contributed by atoms with van der Waals surface area (Å²) >= 11 is 1.16. The summed E-state index contributed by atoms with van der Waals surface area (Å²) in [5.41, 5.74) is 0.921. The first-order chi connectivity index (χ1) is 8.74. The summed E-state index contributed by atoms with van der Waals surface area (Å²) in [6, 6.07) is 11.2. The molecule has 0 saturated heterocycles. The number of fused-ring (bicyclic) bond motifs is 1. The minimum Gasteiger partial charge on any atom is -0.477 e. The van der Waals surface area contributed by atoms with E-state index in [9.17, 15) is 4.79 Å². The van der Waals surface area contributed by atoms with Crippen LogP contribution in [0.15, 0.2) is 42.6 Å². The highest BCUT2D eigenvalue weighted by molar-refractivity contribution is 7.20. The molecule has 3 rings (SSSR count). The molecule has 0 unspecified atom stereocenters. The van der Waals surface area contributed by atoms with Gasteiger partial charge in [0.05, 0.1) is 0 Å². The molecular weight excluding hydrogens is 248 g/mol. The average molecular weight is 256 g/mol. The van der Waals surface area contributed by atoms with Gasteiger partial charge in [-0.05, 0) is 6.07 Å². The largest absolute Gasteiger partial charge is 0.477 e. The van der Waals surface area contributed by atoms with Crippen LogP contribution >= 0.6 is 11.3 Å². The third-order valence-electron chi connectivity index (χ3n) is 2.52. The van der Waals surface area contributed by atoms with E-state index >= 15 is 0 Å². The van der Waals surface area contributed by atoms with Gasteiger partial charge in [0, 0.05) is 17.1 Å². The molecule has 0 bridgehead atoms.